The maximum absolute atomic E-state index is 12.9. The topological polar surface area (TPSA) is 110 Å². The summed E-state index contributed by atoms with van der Waals surface area (Å²) >= 11 is 12.4. The molecule has 3 aromatic rings. The van der Waals surface area contributed by atoms with Crippen molar-refractivity contribution < 1.29 is 15.0 Å². The van der Waals surface area contributed by atoms with Crippen molar-refractivity contribution in [2.45, 2.75) is 31.8 Å². The number of benzene rings is 1. The van der Waals surface area contributed by atoms with Gasteiger partial charge in [0, 0.05) is 35.2 Å². The Kier molecular flexibility index (Phi) is 8.53. The van der Waals surface area contributed by atoms with Gasteiger partial charge in [0.05, 0.1) is 23.7 Å². The summed E-state index contributed by atoms with van der Waals surface area (Å²) in [6, 6.07) is 10.2. The summed E-state index contributed by atoms with van der Waals surface area (Å²) in [6.45, 7) is 1.88. The minimum absolute atomic E-state index is 0.00769. The summed E-state index contributed by atoms with van der Waals surface area (Å²) in [5.74, 6) is 0.269. The number of hydrogen-bond acceptors (Lipinski definition) is 5. The van der Waals surface area contributed by atoms with Crippen LogP contribution >= 0.6 is 23.2 Å². The van der Waals surface area contributed by atoms with Crippen LogP contribution in [0.15, 0.2) is 48.8 Å². The summed E-state index contributed by atoms with van der Waals surface area (Å²) in [5.41, 5.74) is 2.60. The zero-order valence-corrected chi connectivity index (χ0v) is 19.1. The number of hydrogen-bond donors (Lipinski definition) is 5. The Balaban J connectivity index is 1.79. The molecular formula is C23H26Cl2N4O3. The first-order chi connectivity index (χ1) is 15.4. The highest BCUT2D eigenvalue weighted by Crippen LogP contribution is 2.30. The number of H-pyrrole nitrogens is 1. The monoisotopic (exact) mass is 476 g/mol. The Bertz CT molecular complexity index is 1050. The molecule has 1 amide bonds. The minimum atomic E-state index is -0.386. The van der Waals surface area contributed by atoms with Crippen molar-refractivity contribution in [2.24, 2.45) is 0 Å². The Labute approximate surface area is 196 Å². The van der Waals surface area contributed by atoms with E-state index in [1.165, 1.54) is 6.20 Å². The van der Waals surface area contributed by atoms with Gasteiger partial charge in [0.25, 0.3) is 5.91 Å². The number of amides is 1. The van der Waals surface area contributed by atoms with Crippen molar-refractivity contribution in [3.8, 4) is 11.1 Å². The molecule has 170 valence electrons. The first kappa shape index (κ1) is 24.1. The summed E-state index contributed by atoms with van der Waals surface area (Å²) in [7, 11) is 0. The molecule has 1 aromatic carbocycles. The van der Waals surface area contributed by atoms with Gasteiger partial charge in [-0.05, 0) is 42.7 Å². The fraction of sp³-hybridized carbons (Fsp3) is 0.304. The van der Waals surface area contributed by atoms with Crippen molar-refractivity contribution in [1.29, 1.82) is 0 Å². The zero-order chi connectivity index (χ0) is 23.1. The predicted molar refractivity (Wildman–Crippen MR) is 127 cm³/mol. The van der Waals surface area contributed by atoms with Crippen molar-refractivity contribution in [1.82, 2.24) is 15.3 Å². The van der Waals surface area contributed by atoms with Crippen molar-refractivity contribution in [3.05, 3.63) is 70.1 Å². The van der Waals surface area contributed by atoms with E-state index >= 15 is 0 Å². The number of anilines is 1. The normalized spacial score (nSPS) is 12.9. The average Bonchev–Trinajstić information content (AvgIpc) is 3.28. The van der Waals surface area contributed by atoms with Crippen molar-refractivity contribution in [2.75, 3.05) is 18.5 Å². The van der Waals surface area contributed by atoms with Gasteiger partial charge < -0.3 is 25.8 Å². The van der Waals surface area contributed by atoms with E-state index in [4.69, 9.17) is 23.2 Å². The Morgan fingerprint density at radius 3 is 2.72 bits per heavy atom. The van der Waals surface area contributed by atoms with E-state index in [1.807, 2.05) is 13.0 Å². The molecule has 0 unspecified atom stereocenters. The third-order valence-electron chi connectivity index (χ3n) is 5.13. The number of aliphatic hydroxyl groups excluding tert-OH is 2. The van der Waals surface area contributed by atoms with E-state index in [2.05, 4.69) is 20.6 Å². The van der Waals surface area contributed by atoms with E-state index in [9.17, 15) is 15.0 Å². The van der Waals surface area contributed by atoms with Crippen LogP contribution in [0.4, 0.5) is 5.82 Å². The fourth-order valence-electron chi connectivity index (χ4n) is 3.32. The number of rotatable bonds is 10. The van der Waals surface area contributed by atoms with Crippen molar-refractivity contribution in [3.63, 3.8) is 0 Å². The van der Waals surface area contributed by atoms with Crippen LogP contribution in [0.5, 0.6) is 0 Å². The summed E-state index contributed by atoms with van der Waals surface area (Å²) < 4.78 is 0. The molecule has 9 heteroatoms. The molecule has 0 aliphatic carbocycles. The standard InChI is InChI=1S/C23H26Cl2N4O3/c1-2-17(13-31)28-22-10-18(19(25)12-27-22)15-9-21(26-11-15)23(32)29-20(6-7-30)14-4-3-5-16(24)8-14/h3-5,8-12,17,20,26,30-31H,2,6-7,13H2,1H3,(H,27,28)(H,29,32)/t17-,20+/m0/s1. The first-order valence-corrected chi connectivity index (χ1v) is 11.1. The molecule has 0 bridgehead atoms. The molecule has 2 atom stereocenters. The van der Waals surface area contributed by atoms with Gasteiger partial charge in [0.1, 0.15) is 11.5 Å². The van der Waals surface area contributed by atoms with Gasteiger partial charge in [-0.3, -0.25) is 4.79 Å². The Hall–Kier alpha value is -2.58. The highest BCUT2D eigenvalue weighted by Gasteiger charge is 2.18. The first-order valence-electron chi connectivity index (χ1n) is 10.3. The zero-order valence-electron chi connectivity index (χ0n) is 17.6. The van der Waals surface area contributed by atoms with Gasteiger partial charge in [-0.15, -0.1) is 0 Å². The number of carbonyl (C=O) groups excluding carboxylic acids is 1. The molecule has 2 heterocycles. The minimum Gasteiger partial charge on any atom is -0.396 e. The number of halogens is 2. The third kappa shape index (κ3) is 6.01. The molecule has 0 saturated carbocycles. The van der Waals surface area contributed by atoms with Gasteiger partial charge in [-0.25, -0.2) is 4.98 Å². The molecule has 32 heavy (non-hydrogen) atoms. The maximum Gasteiger partial charge on any atom is 0.268 e. The van der Waals surface area contributed by atoms with Crippen molar-refractivity contribution >= 4 is 34.9 Å². The number of aromatic amines is 1. The van der Waals surface area contributed by atoms with Crippen LogP contribution in [0.1, 0.15) is 41.9 Å². The second-order valence-electron chi connectivity index (χ2n) is 7.38. The van der Waals surface area contributed by atoms with E-state index in [0.717, 1.165) is 17.5 Å². The van der Waals surface area contributed by atoms with Crippen LogP contribution in [0.3, 0.4) is 0 Å². The van der Waals surface area contributed by atoms with E-state index < -0.39 is 0 Å². The lowest BCUT2D eigenvalue weighted by atomic mass is 10.0. The third-order valence-corrected chi connectivity index (χ3v) is 5.67. The van der Waals surface area contributed by atoms with Crippen LogP contribution in [0.2, 0.25) is 10.0 Å². The van der Waals surface area contributed by atoms with Crippen LogP contribution in [0.25, 0.3) is 11.1 Å². The molecule has 0 aliphatic rings. The summed E-state index contributed by atoms with van der Waals surface area (Å²) in [4.78, 5) is 20.1. The number of aromatic nitrogens is 2. The number of pyridine rings is 1. The largest absolute Gasteiger partial charge is 0.396 e. The summed E-state index contributed by atoms with van der Waals surface area (Å²) in [5, 5.41) is 25.9. The number of nitrogens with zero attached hydrogens (tertiary/aromatic N) is 1. The Morgan fingerprint density at radius 2 is 2.03 bits per heavy atom. The van der Waals surface area contributed by atoms with E-state index in [-0.39, 0.29) is 31.2 Å². The fourth-order valence-corrected chi connectivity index (χ4v) is 3.73. The molecule has 2 aromatic heterocycles. The summed E-state index contributed by atoms with van der Waals surface area (Å²) in [6.07, 6.45) is 4.33. The van der Waals surface area contributed by atoms with Gasteiger partial charge in [0.15, 0.2) is 0 Å². The number of nitrogens with one attached hydrogen (secondary N) is 3. The predicted octanol–water partition coefficient (Wildman–Crippen LogP) is 4.42. The van der Waals surface area contributed by atoms with Crippen LogP contribution in [-0.4, -0.2) is 45.3 Å². The quantitative estimate of drug-likeness (QED) is 0.297. The maximum atomic E-state index is 12.9. The smallest absolute Gasteiger partial charge is 0.268 e. The molecule has 5 N–H and O–H groups in total. The second-order valence-corrected chi connectivity index (χ2v) is 8.22. The van der Waals surface area contributed by atoms with Gasteiger partial charge in [0.2, 0.25) is 0 Å². The molecule has 7 nitrogen and oxygen atoms in total. The molecule has 0 aliphatic heterocycles. The van der Waals surface area contributed by atoms with E-state index in [0.29, 0.717) is 33.5 Å². The SMILES string of the molecule is CC[C@@H](CO)Nc1cc(-c2c[nH]c(C(=O)N[C@H](CCO)c3cccc(Cl)c3)c2)c(Cl)cn1. The molecule has 3 rings (SSSR count). The highest BCUT2D eigenvalue weighted by molar-refractivity contribution is 6.33. The van der Waals surface area contributed by atoms with Crippen LogP contribution in [0, 0.1) is 0 Å². The molecule has 0 spiro atoms. The molecule has 0 fully saturated rings. The van der Waals surface area contributed by atoms with E-state index in [1.54, 1.807) is 36.5 Å². The average molecular weight is 477 g/mol. The lowest BCUT2D eigenvalue weighted by molar-refractivity contribution is 0.0925. The second kappa shape index (κ2) is 11.3. The van der Waals surface area contributed by atoms with Crippen LogP contribution < -0.4 is 10.6 Å². The number of aliphatic hydroxyl groups is 2. The Morgan fingerprint density at radius 1 is 1.22 bits per heavy atom. The molecule has 0 saturated heterocycles. The van der Waals surface area contributed by atoms with Gasteiger partial charge in [-0.2, -0.15) is 0 Å². The van der Waals surface area contributed by atoms with Crippen LogP contribution in [-0.2, 0) is 0 Å². The lowest BCUT2D eigenvalue weighted by Gasteiger charge is -2.18. The lowest BCUT2D eigenvalue weighted by Crippen LogP contribution is -2.29. The molecular weight excluding hydrogens is 451 g/mol. The van der Waals surface area contributed by atoms with Gasteiger partial charge in [-0.1, -0.05) is 42.3 Å². The number of carbonyl (C=O) groups is 1. The van der Waals surface area contributed by atoms with Gasteiger partial charge >= 0.3 is 0 Å². The molecule has 0 radical (unpaired) electrons. The highest BCUT2D eigenvalue weighted by atomic mass is 35.5.